The maximum Gasteiger partial charge on any atom is 0.430 e. The van der Waals surface area contributed by atoms with Crippen LogP contribution in [0.1, 0.15) is 27.2 Å². The van der Waals surface area contributed by atoms with E-state index in [9.17, 15) is 67.4 Å². The van der Waals surface area contributed by atoms with Crippen molar-refractivity contribution >= 4 is 11.9 Å². The summed E-state index contributed by atoms with van der Waals surface area (Å²) in [6.07, 6.45) is -32.4. The lowest BCUT2D eigenvalue weighted by Gasteiger charge is -2.46. The Kier molecular flexibility index (Phi) is 9.98. The molecule has 1 N–H and O–H groups in total. The summed E-state index contributed by atoms with van der Waals surface area (Å²) < 4.78 is 174. The smallest absolute Gasteiger partial charge is 0.430 e. The summed E-state index contributed by atoms with van der Waals surface area (Å²) >= 11 is 0. The third kappa shape index (κ3) is 6.69. The van der Waals surface area contributed by atoms with E-state index in [1.165, 1.54) is 0 Å². The Hall–Kier alpha value is -2.50. The molecule has 0 aliphatic rings. The first-order valence-corrected chi connectivity index (χ1v) is 9.49. The van der Waals surface area contributed by atoms with Crippen molar-refractivity contribution < 1.29 is 81.6 Å². The van der Waals surface area contributed by atoms with Crippen molar-refractivity contribution in [3.05, 3.63) is 24.8 Å². The minimum atomic E-state index is -6.70. The minimum Gasteiger partial charge on any atom is -0.455 e. The predicted molar refractivity (Wildman–Crippen MR) is 97.5 cm³/mol. The van der Waals surface area contributed by atoms with Gasteiger partial charge in [0.25, 0.3) is 11.2 Å². The number of hydrogen-bond donors (Lipinski definition) is 1. The van der Waals surface area contributed by atoms with Crippen LogP contribution in [0.5, 0.6) is 0 Å². The zero-order chi connectivity index (χ0) is 30.1. The van der Waals surface area contributed by atoms with Gasteiger partial charge < -0.3 is 19.3 Å². The largest absolute Gasteiger partial charge is 0.455 e. The van der Waals surface area contributed by atoms with E-state index in [0.717, 1.165) is 6.92 Å². The van der Waals surface area contributed by atoms with Gasteiger partial charge in [-0.2, -0.15) is 52.7 Å². The van der Waals surface area contributed by atoms with Crippen molar-refractivity contribution in [3.8, 4) is 0 Å². The molecule has 18 heteroatoms. The highest BCUT2D eigenvalue weighted by atomic mass is 19.4. The highest BCUT2D eigenvalue weighted by Gasteiger charge is 2.81. The van der Waals surface area contributed by atoms with Crippen LogP contribution in [-0.4, -0.2) is 71.3 Å². The number of alkyl halides is 12. The monoisotopic (exact) mass is 572 g/mol. The van der Waals surface area contributed by atoms with Gasteiger partial charge in [-0.25, -0.2) is 9.59 Å². The summed E-state index contributed by atoms with van der Waals surface area (Å²) in [5, 5.41) is 9.50. The molecule has 0 aromatic heterocycles. The van der Waals surface area contributed by atoms with E-state index < -0.39 is 78.2 Å². The van der Waals surface area contributed by atoms with Gasteiger partial charge in [0.2, 0.25) is 0 Å². The molecule has 0 amide bonds. The molecule has 0 aliphatic carbocycles. The number of rotatable bonds is 10. The van der Waals surface area contributed by atoms with E-state index in [-0.39, 0.29) is 19.9 Å². The molecule has 1 unspecified atom stereocenters. The number of hydrogen-bond acceptors (Lipinski definition) is 6. The summed E-state index contributed by atoms with van der Waals surface area (Å²) in [6.45, 7) is 4.17. The molecule has 0 rings (SSSR count). The van der Waals surface area contributed by atoms with Crippen LogP contribution in [0.25, 0.3) is 0 Å². The molecule has 216 valence electrons. The van der Waals surface area contributed by atoms with E-state index >= 15 is 0 Å². The topological polar surface area (TPSA) is 82.1 Å². The number of aliphatic hydroxyl groups is 1. The molecule has 0 bridgehead atoms. The van der Waals surface area contributed by atoms with Crippen molar-refractivity contribution in [2.24, 2.45) is 0 Å². The van der Waals surface area contributed by atoms with Gasteiger partial charge in [-0.3, -0.25) is 0 Å². The van der Waals surface area contributed by atoms with Crippen LogP contribution in [0.2, 0.25) is 0 Å². The lowest BCUT2D eigenvalue weighted by atomic mass is 9.83. The summed E-state index contributed by atoms with van der Waals surface area (Å²) in [5.41, 5.74) is -16.1. The lowest BCUT2D eigenvalue weighted by Crippen LogP contribution is -2.71. The van der Waals surface area contributed by atoms with Crippen LogP contribution in [0.4, 0.5) is 52.7 Å². The van der Waals surface area contributed by atoms with Crippen molar-refractivity contribution in [1.29, 1.82) is 0 Å². The number of ether oxygens (including phenoxy) is 3. The molecular formula is C19H20F12O6. The quantitative estimate of drug-likeness (QED) is 0.223. The van der Waals surface area contributed by atoms with E-state index in [4.69, 9.17) is 0 Å². The maximum absolute atomic E-state index is 13.8. The van der Waals surface area contributed by atoms with Crippen molar-refractivity contribution in [3.63, 3.8) is 0 Å². The first-order chi connectivity index (χ1) is 16.1. The van der Waals surface area contributed by atoms with Gasteiger partial charge in [0, 0.05) is 18.1 Å². The molecule has 37 heavy (non-hydrogen) atoms. The number of halogens is 12. The molecule has 6 nitrogen and oxygen atoms in total. The van der Waals surface area contributed by atoms with E-state index in [1.54, 1.807) is 0 Å². The average molecular weight is 572 g/mol. The third-order valence-corrected chi connectivity index (χ3v) is 4.80. The molecule has 0 radical (unpaired) electrons. The molecule has 0 saturated heterocycles. The normalized spacial score (nSPS) is 15.1. The van der Waals surface area contributed by atoms with Gasteiger partial charge in [0.15, 0.2) is 11.7 Å². The predicted octanol–water partition coefficient (Wildman–Crippen LogP) is 5.11. The van der Waals surface area contributed by atoms with Crippen molar-refractivity contribution in [1.82, 2.24) is 0 Å². The molecular weight excluding hydrogens is 552 g/mol. The van der Waals surface area contributed by atoms with Crippen molar-refractivity contribution in [2.75, 3.05) is 6.61 Å². The molecule has 0 saturated carbocycles. The molecule has 0 aromatic rings. The molecule has 0 spiro atoms. The third-order valence-electron chi connectivity index (χ3n) is 4.80. The molecule has 1 atom stereocenters. The van der Waals surface area contributed by atoms with Crippen LogP contribution in [0.3, 0.4) is 0 Å². The summed E-state index contributed by atoms with van der Waals surface area (Å²) in [4.78, 5) is 23.0. The Labute approximate surface area is 200 Å². The van der Waals surface area contributed by atoms with Gasteiger partial charge in [-0.1, -0.05) is 13.2 Å². The first-order valence-electron chi connectivity index (χ1n) is 9.49. The summed E-state index contributed by atoms with van der Waals surface area (Å²) in [7, 11) is 0. The van der Waals surface area contributed by atoms with Gasteiger partial charge in [0.05, 0.1) is 6.61 Å². The lowest BCUT2D eigenvalue weighted by molar-refractivity contribution is -0.422. The van der Waals surface area contributed by atoms with Crippen LogP contribution < -0.4 is 0 Å². The summed E-state index contributed by atoms with van der Waals surface area (Å²) in [6, 6.07) is 0. The fourth-order valence-corrected chi connectivity index (χ4v) is 2.97. The Balaban J connectivity index is 6.77. The zero-order valence-corrected chi connectivity index (χ0v) is 19.0. The Bertz CT molecular complexity index is 839. The van der Waals surface area contributed by atoms with E-state index in [2.05, 4.69) is 27.4 Å². The second kappa shape index (κ2) is 10.7. The number of carbonyl (C=O) groups excluding carboxylic acids is 2. The molecule has 0 aromatic carbocycles. The van der Waals surface area contributed by atoms with Crippen molar-refractivity contribution in [2.45, 2.75) is 74.8 Å². The van der Waals surface area contributed by atoms with Gasteiger partial charge in [0.1, 0.15) is 0 Å². The van der Waals surface area contributed by atoms with Crippen LogP contribution in [0.15, 0.2) is 24.8 Å². The fourth-order valence-electron chi connectivity index (χ4n) is 2.97. The van der Waals surface area contributed by atoms with Gasteiger partial charge >= 0.3 is 36.6 Å². The SMILES string of the molecule is C=CC(=O)OC(C)(C)C(OCCC(OC(=O)C(=C)C)C(O)(C(F)(F)F)C(F)(F)F)(C(F)(F)F)C(F)(F)F. The second-order valence-corrected chi connectivity index (χ2v) is 7.89. The fraction of sp³-hybridized carbons (Fsp3) is 0.684. The number of esters is 2. The minimum absolute atomic E-state index is 0.0513. The molecule has 0 aliphatic heterocycles. The van der Waals surface area contributed by atoms with E-state index in [1.807, 2.05) is 0 Å². The standard InChI is InChI=1S/C19H20F12O6/c1-6-11(32)37-13(4,5)15(18(26,27)28,19(29,30)31)35-8-7-10(36-12(33)9(2)3)14(34,16(20,21)22)17(23,24)25/h6,10,34H,1-2,7-8H2,3-5H3. The van der Waals surface area contributed by atoms with Gasteiger partial charge in [-0.15, -0.1) is 0 Å². The van der Waals surface area contributed by atoms with E-state index in [0.29, 0.717) is 0 Å². The first kappa shape index (κ1) is 34.5. The zero-order valence-electron chi connectivity index (χ0n) is 19.0. The summed E-state index contributed by atoms with van der Waals surface area (Å²) in [5.74, 6) is -3.83. The maximum atomic E-state index is 13.8. The Morgan fingerprint density at radius 3 is 1.57 bits per heavy atom. The average Bonchev–Trinajstić information content (AvgIpc) is 2.64. The van der Waals surface area contributed by atoms with Gasteiger partial charge in [-0.05, 0) is 20.8 Å². The van der Waals surface area contributed by atoms with Crippen LogP contribution in [-0.2, 0) is 23.8 Å². The highest BCUT2D eigenvalue weighted by Crippen LogP contribution is 2.54. The van der Waals surface area contributed by atoms with Crippen LogP contribution >= 0.6 is 0 Å². The highest BCUT2D eigenvalue weighted by molar-refractivity contribution is 5.87. The Morgan fingerprint density at radius 1 is 0.865 bits per heavy atom. The number of carbonyl (C=O) groups is 2. The molecule has 0 fully saturated rings. The molecule has 0 heterocycles. The second-order valence-electron chi connectivity index (χ2n) is 7.89. The Morgan fingerprint density at radius 2 is 1.27 bits per heavy atom. The van der Waals surface area contributed by atoms with Crippen LogP contribution in [0, 0.1) is 0 Å².